The van der Waals surface area contributed by atoms with Crippen LogP contribution in [0.4, 0.5) is 19.0 Å². The van der Waals surface area contributed by atoms with E-state index >= 15 is 0 Å². The monoisotopic (exact) mass is 364 g/mol. The standard InChI is InChI=1S/C11H16N6.C6H3F3/c1-8-13-14-10-4-5-11(15-17(8)10)16-6-2-3-9(12)7-16;7-4-1-2-5(8)6(9)3-4/h4-5,9H,2-3,6-7,12H2,1H3;1-3H/t9-;/m1./s1. The Bertz CT molecular complexity index is 897. The summed E-state index contributed by atoms with van der Waals surface area (Å²) in [5.74, 6) is -1.20. The minimum absolute atomic E-state index is 0.253. The molecular formula is C17H19F3N6. The molecule has 0 radical (unpaired) electrons. The fourth-order valence-corrected chi connectivity index (χ4v) is 2.74. The van der Waals surface area contributed by atoms with Crippen molar-refractivity contribution in [2.24, 2.45) is 5.73 Å². The Morgan fingerprint density at radius 1 is 1.08 bits per heavy atom. The lowest BCUT2D eigenvalue weighted by molar-refractivity contribution is 0.495. The van der Waals surface area contributed by atoms with Gasteiger partial charge in [-0.15, -0.1) is 15.3 Å². The molecule has 0 unspecified atom stereocenters. The Hall–Kier alpha value is -2.68. The van der Waals surface area contributed by atoms with Crippen LogP contribution in [-0.2, 0) is 0 Å². The zero-order chi connectivity index (χ0) is 18.7. The van der Waals surface area contributed by atoms with Crippen LogP contribution in [0, 0.1) is 24.4 Å². The van der Waals surface area contributed by atoms with Gasteiger partial charge in [0.05, 0.1) is 0 Å². The van der Waals surface area contributed by atoms with Crippen molar-refractivity contribution in [3.63, 3.8) is 0 Å². The average Bonchev–Trinajstić information content (AvgIpc) is 3.00. The van der Waals surface area contributed by atoms with Crippen molar-refractivity contribution >= 4 is 11.5 Å². The second-order valence-electron chi connectivity index (χ2n) is 6.12. The van der Waals surface area contributed by atoms with Crippen LogP contribution >= 0.6 is 0 Å². The second-order valence-corrected chi connectivity index (χ2v) is 6.12. The first kappa shape index (κ1) is 18.1. The first-order chi connectivity index (χ1) is 12.4. The number of aryl methyl sites for hydroxylation is 1. The van der Waals surface area contributed by atoms with E-state index in [0.29, 0.717) is 6.07 Å². The fourth-order valence-electron chi connectivity index (χ4n) is 2.74. The third-order valence-electron chi connectivity index (χ3n) is 4.07. The molecule has 1 saturated heterocycles. The molecule has 1 atom stereocenters. The number of aromatic nitrogens is 4. The Morgan fingerprint density at radius 2 is 1.88 bits per heavy atom. The molecule has 0 bridgehead atoms. The molecule has 0 spiro atoms. The van der Waals surface area contributed by atoms with Gasteiger partial charge in [0.15, 0.2) is 23.1 Å². The number of fused-ring (bicyclic) bond motifs is 1. The van der Waals surface area contributed by atoms with Crippen LogP contribution in [0.3, 0.4) is 0 Å². The third-order valence-corrected chi connectivity index (χ3v) is 4.07. The molecule has 1 fully saturated rings. The van der Waals surface area contributed by atoms with Crippen LogP contribution in [0.25, 0.3) is 5.65 Å². The molecule has 0 aliphatic carbocycles. The van der Waals surface area contributed by atoms with Crippen molar-refractivity contribution in [3.05, 3.63) is 53.6 Å². The van der Waals surface area contributed by atoms with Gasteiger partial charge in [0.2, 0.25) is 0 Å². The lowest BCUT2D eigenvalue weighted by Crippen LogP contribution is -2.43. The van der Waals surface area contributed by atoms with Crippen LogP contribution in [-0.4, -0.2) is 38.9 Å². The largest absolute Gasteiger partial charge is 0.354 e. The van der Waals surface area contributed by atoms with Gasteiger partial charge in [-0.25, -0.2) is 13.2 Å². The summed E-state index contributed by atoms with van der Waals surface area (Å²) in [6.07, 6.45) is 2.23. The van der Waals surface area contributed by atoms with Gasteiger partial charge < -0.3 is 10.6 Å². The minimum Gasteiger partial charge on any atom is -0.354 e. The molecule has 1 aliphatic heterocycles. The van der Waals surface area contributed by atoms with Gasteiger partial charge in [0, 0.05) is 25.2 Å². The second kappa shape index (κ2) is 7.69. The van der Waals surface area contributed by atoms with Gasteiger partial charge in [-0.2, -0.15) is 4.52 Å². The zero-order valence-corrected chi connectivity index (χ0v) is 14.2. The van der Waals surface area contributed by atoms with Crippen molar-refractivity contribution in [1.29, 1.82) is 0 Å². The van der Waals surface area contributed by atoms with Gasteiger partial charge in [0.1, 0.15) is 11.6 Å². The fraction of sp³-hybridized carbons (Fsp3) is 0.353. The molecule has 2 N–H and O–H groups in total. The molecule has 138 valence electrons. The summed E-state index contributed by atoms with van der Waals surface area (Å²) in [4.78, 5) is 2.23. The number of benzene rings is 1. The van der Waals surface area contributed by atoms with Gasteiger partial charge in [-0.1, -0.05) is 0 Å². The molecule has 2 aromatic heterocycles. The van der Waals surface area contributed by atoms with E-state index in [9.17, 15) is 13.2 Å². The van der Waals surface area contributed by atoms with E-state index in [0.717, 1.165) is 55.4 Å². The number of nitrogens with two attached hydrogens (primary N) is 1. The molecule has 3 aromatic rings. The number of hydrogen-bond donors (Lipinski definition) is 1. The molecule has 1 aromatic carbocycles. The predicted octanol–water partition coefficient (Wildman–Crippen LogP) is 2.46. The highest BCUT2D eigenvalue weighted by atomic mass is 19.2. The van der Waals surface area contributed by atoms with Gasteiger partial charge in [-0.3, -0.25) is 0 Å². The maximum atomic E-state index is 12.0. The van der Waals surface area contributed by atoms with Crippen LogP contribution < -0.4 is 10.6 Å². The maximum absolute atomic E-state index is 12.0. The summed E-state index contributed by atoms with van der Waals surface area (Å²) in [6.45, 7) is 3.80. The zero-order valence-electron chi connectivity index (χ0n) is 14.2. The molecule has 3 heterocycles. The summed E-state index contributed by atoms with van der Waals surface area (Å²) in [5, 5.41) is 12.6. The highest BCUT2D eigenvalue weighted by Gasteiger charge is 2.18. The van der Waals surface area contributed by atoms with E-state index in [-0.39, 0.29) is 6.04 Å². The summed E-state index contributed by atoms with van der Waals surface area (Å²) in [6, 6.07) is 6.28. The van der Waals surface area contributed by atoms with Crippen LogP contribution in [0.1, 0.15) is 18.7 Å². The van der Waals surface area contributed by atoms with Gasteiger partial charge >= 0.3 is 0 Å². The lowest BCUT2D eigenvalue weighted by Gasteiger charge is -2.31. The van der Waals surface area contributed by atoms with Crippen molar-refractivity contribution in [3.8, 4) is 0 Å². The van der Waals surface area contributed by atoms with E-state index in [1.807, 2.05) is 19.1 Å². The van der Waals surface area contributed by atoms with Gasteiger partial charge in [-0.05, 0) is 44.0 Å². The number of piperidine rings is 1. The predicted molar refractivity (Wildman–Crippen MR) is 91.3 cm³/mol. The molecular weight excluding hydrogens is 345 g/mol. The lowest BCUT2D eigenvalue weighted by atomic mass is 10.1. The smallest absolute Gasteiger partial charge is 0.178 e. The SMILES string of the molecule is Cc1nnc2ccc(N3CCC[C@@H](N)C3)nn12.Fc1ccc(F)c(F)c1. The normalized spacial score (nSPS) is 17.1. The molecule has 1 aliphatic rings. The molecule has 0 amide bonds. The van der Waals surface area contributed by atoms with E-state index in [1.54, 1.807) is 4.52 Å². The van der Waals surface area contributed by atoms with Crippen molar-refractivity contribution in [1.82, 2.24) is 19.8 Å². The molecule has 0 saturated carbocycles. The van der Waals surface area contributed by atoms with E-state index in [4.69, 9.17) is 5.73 Å². The van der Waals surface area contributed by atoms with Crippen LogP contribution in [0.15, 0.2) is 30.3 Å². The van der Waals surface area contributed by atoms with Gasteiger partial charge in [0.25, 0.3) is 0 Å². The van der Waals surface area contributed by atoms with E-state index in [2.05, 4.69) is 20.2 Å². The van der Waals surface area contributed by atoms with Crippen molar-refractivity contribution in [2.75, 3.05) is 18.0 Å². The summed E-state index contributed by atoms with van der Waals surface area (Å²) in [7, 11) is 0. The topological polar surface area (TPSA) is 72.3 Å². The molecule has 26 heavy (non-hydrogen) atoms. The first-order valence-electron chi connectivity index (χ1n) is 8.24. The number of anilines is 1. The van der Waals surface area contributed by atoms with Crippen molar-refractivity contribution < 1.29 is 13.2 Å². The average molecular weight is 364 g/mol. The number of nitrogens with zero attached hydrogens (tertiary/aromatic N) is 5. The Labute approximate surface area is 148 Å². The van der Waals surface area contributed by atoms with Crippen LogP contribution in [0.2, 0.25) is 0 Å². The highest BCUT2D eigenvalue weighted by Crippen LogP contribution is 2.17. The molecule has 4 rings (SSSR count). The minimum atomic E-state index is -1.16. The first-order valence-corrected chi connectivity index (χ1v) is 8.24. The van der Waals surface area contributed by atoms with Crippen LogP contribution in [0.5, 0.6) is 0 Å². The van der Waals surface area contributed by atoms with Crippen molar-refractivity contribution in [2.45, 2.75) is 25.8 Å². The quantitative estimate of drug-likeness (QED) is 0.672. The number of hydrogen-bond acceptors (Lipinski definition) is 5. The summed E-state index contributed by atoms with van der Waals surface area (Å²) >= 11 is 0. The number of halogens is 3. The maximum Gasteiger partial charge on any atom is 0.178 e. The Balaban J connectivity index is 0.000000185. The highest BCUT2D eigenvalue weighted by molar-refractivity contribution is 5.46. The third kappa shape index (κ3) is 4.10. The molecule has 9 heteroatoms. The summed E-state index contributed by atoms with van der Waals surface area (Å²) in [5.41, 5.74) is 6.77. The Morgan fingerprint density at radius 3 is 2.58 bits per heavy atom. The van der Waals surface area contributed by atoms with E-state index < -0.39 is 17.5 Å². The van der Waals surface area contributed by atoms with E-state index in [1.165, 1.54) is 0 Å². The molecule has 6 nitrogen and oxygen atoms in total. The number of rotatable bonds is 1. The Kier molecular flexibility index (Phi) is 5.36. The summed E-state index contributed by atoms with van der Waals surface area (Å²) < 4.78 is 37.6.